The maximum Gasteiger partial charge on any atom is 0.373 e. The number of halogens is 2. The number of hydrogen-bond donors (Lipinski definition) is 1. The summed E-state index contributed by atoms with van der Waals surface area (Å²) in [6, 6.07) is 5.24. The molecule has 3 fully saturated rings. The summed E-state index contributed by atoms with van der Waals surface area (Å²) in [7, 11) is 0. The van der Waals surface area contributed by atoms with Gasteiger partial charge in [0.25, 0.3) is 0 Å². The average molecular weight is 515 g/mol. The highest BCUT2D eigenvalue weighted by Crippen LogP contribution is 2.47. The maximum absolute atomic E-state index is 13.1. The molecular formula is C24H20Cl2N4O5. The molecule has 2 bridgehead atoms. The molecule has 1 N–H and O–H groups in total. The Morgan fingerprint density at radius 1 is 1.17 bits per heavy atom. The van der Waals surface area contributed by atoms with Crippen LogP contribution in [-0.4, -0.2) is 44.3 Å². The largest absolute Gasteiger partial charge is 0.475 e. The molecule has 3 heterocycles. The number of fused-ring (bicyclic) bond motifs is 2. The second kappa shape index (κ2) is 8.58. The number of carbonyl (C=O) groups excluding carboxylic acids is 1. The second-order valence-electron chi connectivity index (χ2n) is 9.10. The maximum atomic E-state index is 13.1. The van der Waals surface area contributed by atoms with E-state index < -0.39 is 5.97 Å². The van der Waals surface area contributed by atoms with Gasteiger partial charge in [-0.25, -0.2) is 14.8 Å². The first-order valence-corrected chi connectivity index (χ1v) is 12.1. The topological polar surface area (TPSA) is 119 Å². The molecule has 0 radical (unpaired) electrons. The number of benzene rings is 1. The first-order chi connectivity index (χ1) is 16.9. The summed E-state index contributed by atoms with van der Waals surface area (Å²) in [6.45, 7) is 0.240. The van der Waals surface area contributed by atoms with Crippen LogP contribution in [0.2, 0.25) is 10.0 Å². The van der Waals surface area contributed by atoms with E-state index in [9.17, 15) is 9.59 Å². The first kappa shape index (κ1) is 22.5. The van der Waals surface area contributed by atoms with Crippen LogP contribution in [-0.2, 0) is 16.1 Å². The number of piperidine rings is 1. The molecule has 6 rings (SSSR count). The minimum absolute atomic E-state index is 0.0559. The van der Waals surface area contributed by atoms with Gasteiger partial charge in [0.05, 0.1) is 46.8 Å². The van der Waals surface area contributed by atoms with Crippen LogP contribution in [0.15, 0.2) is 35.1 Å². The Labute approximate surface area is 210 Å². The molecule has 35 heavy (non-hydrogen) atoms. The zero-order chi connectivity index (χ0) is 24.3. The fraction of sp³-hybridized carbons (Fsp3) is 0.375. The molecule has 3 aliphatic rings. The fourth-order valence-corrected chi connectivity index (χ4v) is 5.70. The van der Waals surface area contributed by atoms with Gasteiger partial charge in [-0.3, -0.25) is 4.79 Å². The van der Waals surface area contributed by atoms with Gasteiger partial charge in [-0.2, -0.15) is 0 Å². The van der Waals surface area contributed by atoms with Gasteiger partial charge in [-0.1, -0.05) is 34.4 Å². The Morgan fingerprint density at radius 2 is 1.89 bits per heavy atom. The van der Waals surface area contributed by atoms with E-state index in [2.05, 4.69) is 15.1 Å². The molecule has 1 amide bonds. The molecule has 1 saturated heterocycles. The van der Waals surface area contributed by atoms with Gasteiger partial charge in [0, 0.05) is 23.1 Å². The quantitative estimate of drug-likeness (QED) is 0.480. The Bertz CT molecular complexity index is 1300. The number of carboxylic acids is 1. The summed E-state index contributed by atoms with van der Waals surface area (Å²) in [5.74, 6) is -0.780. The molecule has 2 saturated carbocycles. The van der Waals surface area contributed by atoms with E-state index in [1.165, 1.54) is 12.4 Å². The fourth-order valence-electron chi connectivity index (χ4n) is 5.12. The SMILES string of the molecule is O=C(O)c1ncc(N2C(=O)[C@@H]3C[C@H]2C[C@H]3OCc2c(-c3c(Cl)cccc3Cl)noc2C2CC2)cn1. The monoisotopic (exact) mass is 514 g/mol. The lowest BCUT2D eigenvalue weighted by molar-refractivity contribution is -0.126. The molecule has 180 valence electrons. The van der Waals surface area contributed by atoms with Crippen molar-refractivity contribution in [3.63, 3.8) is 0 Å². The summed E-state index contributed by atoms with van der Waals surface area (Å²) in [6.07, 6.45) is 5.88. The zero-order valence-corrected chi connectivity index (χ0v) is 19.9. The van der Waals surface area contributed by atoms with E-state index in [0.717, 1.165) is 24.2 Å². The Hall–Kier alpha value is -3.01. The second-order valence-corrected chi connectivity index (χ2v) is 9.92. The van der Waals surface area contributed by atoms with Crippen LogP contribution in [0.1, 0.15) is 53.5 Å². The van der Waals surface area contributed by atoms with Gasteiger partial charge in [0.2, 0.25) is 11.7 Å². The number of amides is 1. The summed E-state index contributed by atoms with van der Waals surface area (Å²) >= 11 is 12.9. The van der Waals surface area contributed by atoms with Crippen molar-refractivity contribution >= 4 is 40.8 Å². The van der Waals surface area contributed by atoms with Crippen LogP contribution in [0.25, 0.3) is 11.3 Å². The van der Waals surface area contributed by atoms with E-state index in [1.807, 2.05) is 0 Å². The van der Waals surface area contributed by atoms with Gasteiger partial charge in [-0.05, 0) is 37.8 Å². The van der Waals surface area contributed by atoms with E-state index in [0.29, 0.717) is 45.7 Å². The standard InChI is InChI=1S/C24H20Cl2N4O5/c25-16-2-1-3-17(26)19(16)20-15(21(35-29-20)11-4-5-11)10-34-18-7-12-6-14(18)23(31)30(12)13-8-27-22(24(32)33)28-9-13/h1-3,8-9,11-12,14,18H,4-7,10H2,(H,32,33)/t12-,14+,18+/m0/s1. The van der Waals surface area contributed by atoms with Crippen molar-refractivity contribution in [2.75, 3.05) is 4.90 Å². The third-order valence-electron chi connectivity index (χ3n) is 6.91. The Kier molecular flexibility index (Phi) is 5.51. The van der Waals surface area contributed by atoms with Crippen LogP contribution in [0.4, 0.5) is 5.69 Å². The number of carbonyl (C=O) groups is 2. The van der Waals surface area contributed by atoms with Crippen LogP contribution < -0.4 is 4.90 Å². The minimum Gasteiger partial charge on any atom is -0.475 e. The number of carboxylic acid groups (broad SMARTS) is 1. The molecule has 0 spiro atoms. The molecule has 3 aromatic rings. The smallest absolute Gasteiger partial charge is 0.373 e. The summed E-state index contributed by atoms with van der Waals surface area (Å²) in [4.78, 5) is 33.5. The first-order valence-electron chi connectivity index (χ1n) is 11.3. The molecule has 9 nitrogen and oxygen atoms in total. The molecule has 1 aliphatic heterocycles. The van der Waals surface area contributed by atoms with Crippen LogP contribution in [0.5, 0.6) is 0 Å². The van der Waals surface area contributed by atoms with E-state index >= 15 is 0 Å². The Morgan fingerprint density at radius 3 is 2.51 bits per heavy atom. The zero-order valence-electron chi connectivity index (χ0n) is 18.4. The van der Waals surface area contributed by atoms with Crippen molar-refractivity contribution in [1.82, 2.24) is 15.1 Å². The van der Waals surface area contributed by atoms with E-state index in [4.69, 9.17) is 37.6 Å². The lowest BCUT2D eigenvalue weighted by atomic mass is 10.0. The number of aromatic carboxylic acids is 1. The molecule has 1 aromatic carbocycles. The predicted molar refractivity (Wildman–Crippen MR) is 126 cm³/mol. The lowest BCUT2D eigenvalue weighted by Gasteiger charge is -2.31. The summed E-state index contributed by atoms with van der Waals surface area (Å²) in [5, 5.41) is 14.3. The third-order valence-corrected chi connectivity index (χ3v) is 7.54. The van der Waals surface area contributed by atoms with Crippen molar-refractivity contribution < 1.29 is 24.0 Å². The van der Waals surface area contributed by atoms with Gasteiger partial charge in [-0.15, -0.1) is 0 Å². The highest BCUT2D eigenvalue weighted by atomic mass is 35.5. The van der Waals surface area contributed by atoms with Crippen molar-refractivity contribution in [1.29, 1.82) is 0 Å². The molecule has 2 aromatic heterocycles. The normalized spacial score (nSPS) is 23.3. The van der Waals surface area contributed by atoms with Crippen molar-refractivity contribution in [2.45, 2.75) is 50.4 Å². The van der Waals surface area contributed by atoms with Crippen LogP contribution in [0.3, 0.4) is 0 Å². The van der Waals surface area contributed by atoms with Gasteiger partial charge in [0.15, 0.2) is 0 Å². The Balaban J connectivity index is 1.21. The lowest BCUT2D eigenvalue weighted by Crippen LogP contribution is -2.43. The van der Waals surface area contributed by atoms with Crippen molar-refractivity contribution in [3.05, 3.63) is 57.8 Å². The van der Waals surface area contributed by atoms with Gasteiger partial charge < -0.3 is 19.3 Å². The highest BCUT2D eigenvalue weighted by Gasteiger charge is 2.52. The number of nitrogens with zero attached hydrogens (tertiary/aromatic N) is 4. The number of aromatic nitrogens is 3. The molecule has 0 unspecified atom stereocenters. The van der Waals surface area contributed by atoms with E-state index in [-0.39, 0.29) is 36.4 Å². The molecular weight excluding hydrogens is 495 g/mol. The highest BCUT2D eigenvalue weighted by molar-refractivity contribution is 6.39. The molecule has 2 aliphatic carbocycles. The van der Waals surface area contributed by atoms with E-state index in [1.54, 1.807) is 23.1 Å². The third kappa shape index (κ3) is 3.87. The number of rotatable bonds is 7. The molecule has 11 heteroatoms. The van der Waals surface area contributed by atoms with Crippen LogP contribution in [0, 0.1) is 5.92 Å². The molecule has 3 atom stereocenters. The number of ether oxygens (including phenoxy) is 1. The summed E-state index contributed by atoms with van der Waals surface area (Å²) < 4.78 is 12.0. The number of anilines is 1. The average Bonchev–Trinajstić information content (AvgIpc) is 3.34. The predicted octanol–water partition coefficient (Wildman–Crippen LogP) is 4.72. The van der Waals surface area contributed by atoms with Gasteiger partial charge >= 0.3 is 5.97 Å². The van der Waals surface area contributed by atoms with Crippen LogP contribution >= 0.6 is 23.2 Å². The number of hydrogen-bond acceptors (Lipinski definition) is 7. The van der Waals surface area contributed by atoms with Crippen molar-refractivity contribution in [3.8, 4) is 11.3 Å². The van der Waals surface area contributed by atoms with Crippen molar-refractivity contribution in [2.24, 2.45) is 5.92 Å². The summed E-state index contributed by atoms with van der Waals surface area (Å²) in [5.41, 5.74) is 2.52. The van der Waals surface area contributed by atoms with Gasteiger partial charge in [0.1, 0.15) is 11.5 Å². The minimum atomic E-state index is -1.21.